The first-order chi connectivity index (χ1) is 13.0. The average Bonchev–Trinajstić information content (AvgIpc) is 2.71. The number of carbonyl (C=O) groups is 2. The van der Waals surface area contributed by atoms with E-state index in [2.05, 4.69) is 5.32 Å². The van der Waals surface area contributed by atoms with Crippen LogP contribution in [0.15, 0.2) is 42.5 Å². The molecule has 7 nitrogen and oxygen atoms in total. The molecule has 1 amide bonds. The van der Waals surface area contributed by atoms with E-state index in [-0.39, 0.29) is 29.9 Å². The van der Waals surface area contributed by atoms with Crippen LogP contribution >= 0.6 is 0 Å². The first-order valence-corrected chi connectivity index (χ1v) is 8.31. The maximum Gasteiger partial charge on any atom is 0.341 e. The second kappa shape index (κ2) is 9.47. The van der Waals surface area contributed by atoms with Crippen molar-refractivity contribution in [1.29, 1.82) is 0 Å². The van der Waals surface area contributed by atoms with Crippen molar-refractivity contribution in [2.24, 2.45) is 0 Å². The number of amides is 1. The van der Waals surface area contributed by atoms with Crippen molar-refractivity contribution in [3.05, 3.63) is 53.6 Å². The maximum absolute atomic E-state index is 12.3. The average molecular weight is 373 g/mol. The van der Waals surface area contributed by atoms with Gasteiger partial charge in [-0.15, -0.1) is 0 Å². The van der Waals surface area contributed by atoms with Gasteiger partial charge in [0, 0.05) is 5.56 Å². The van der Waals surface area contributed by atoms with Crippen molar-refractivity contribution in [2.45, 2.75) is 13.0 Å². The van der Waals surface area contributed by atoms with Crippen molar-refractivity contribution in [3.63, 3.8) is 0 Å². The lowest BCUT2D eigenvalue weighted by atomic mass is 10.1. The third-order valence-electron chi connectivity index (χ3n) is 3.93. The van der Waals surface area contributed by atoms with E-state index >= 15 is 0 Å². The highest BCUT2D eigenvalue weighted by Crippen LogP contribution is 2.29. The lowest BCUT2D eigenvalue weighted by Crippen LogP contribution is -2.31. The monoisotopic (exact) mass is 373 g/mol. The number of ether oxygens (including phenoxy) is 4. The summed E-state index contributed by atoms with van der Waals surface area (Å²) in [7, 11) is 4.42. The van der Waals surface area contributed by atoms with Gasteiger partial charge < -0.3 is 24.3 Å². The normalized spacial score (nSPS) is 11.3. The number of hydrogen-bond acceptors (Lipinski definition) is 6. The molecular formula is C20H23NO6. The zero-order valence-electron chi connectivity index (χ0n) is 15.8. The molecule has 0 aliphatic heterocycles. The summed E-state index contributed by atoms with van der Waals surface area (Å²) < 4.78 is 20.8. The van der Waals surface area contributed by atoms with E-state index in [1.807, 2.05) is 6.92 Å². The van der Waals surface area contributed by atoms with Crippen LogP contribution in [0.1, 0.15) is 28.9 Å². The third-order valence-corrected chi connectivity index (χ3v) is 3.93. The van der Waals surface area contributed by atoms with Gasteiger partial charge in [0.1, 0.15) is 22.8 Å². The summed E-state index contributed by atoms with van der Waals surface area (Å²) in [5.74, 6) is 0.717. The number of rotatable bonds is 8. The molecule has 0 fully saturated rings. The SMILES string of the molecule is COC(=O)c1ccccc1OCC(=O)NC(C)c1cc(OC)ccc1OC. The van der Waals surface area contributed by atoms with E-state index < -0.39 is 5.97 Å². The van der Waals surface area contributed by atoms with Crippen LogP contribution in [0.4, 0.5) is 0 Å². The van der Waals surface area contributed by atoms with Gasteiger partial charge in [0.25, 0.3) is 5.91 Å². The summed E-state index contributed by atoms with van der Waals surface area (Å²) in [5, 5.41) is 2.84. The van der Waals surface area contributed by atoms with Crippen molar-refractivity contribution in [1.82, 2.24) is 5.32 Å². The molecule has 1 unspecified atom stereocenters. The van der Waals surface area contributed by atoms with Gasteiger partial charge in [-0.05, 0) is 37.3 Å². The van der Waals surface area contributed by atoms with E-state index in [0.717, 1.165) is 5.56 Å². The van der Waals surface area contributed by atoms with Crippen LogP contribution in [0.3, 0.4) is 0 Å². The lowest BCUT2D eigenvalue weighted by Gasteiger charge is -2.18. The molecule has 0 bridgehead atoms. The van der Waals surface area contributed by atoms with E-state index in [4.69, 9.17) is 18.9 Å². The highest BCUT2D eigenvalue weighted by Gasteiger charge is 2.17. The summed E-state index contributed by atoms with van der Waals surface area (Å²) in [6.45, 7) is 1.59. The summed E-state index contributed by atoms with van der Waals surface area (Å²) in [5.41, 5.74) is 1.04. The molecule has 0 spiro atoms. The molecule has 2 rings (SSSR count). The molecule has 27 heavy (non-hydrogen) atoms. The Morgan fingerprint density at radius 3 is 2.41 bits per heavy atom. The molecule has 2 aromatic carbocycles. The Kier molecular flexibility index (Phi) is 7.05. The van der Waals surface area contributed by atoms with Crippen LogP contribution in [-0.4, -0.2) is 39.8 Å². The molecule has 1 atom stereocenters. The standard InChI is InChI=1S/C20H23NO6/c1-13(16-11-14(24-2)9-10-17(16)25-3)21-19(22)12-27-18-8-6-5-7-15(18)20(23)26-4/h5-11,13H,12H2,1-4H3,(H,21,22). The Labute approximate surface area is 158 Å². The van der Waals surface area contributed by atoms with Crippen molar-refractivity contribution < 1.29 is 28.5 Å². The minimum absolute atomic E-state index is 0.245. The Hall–Kier alpha value is -3.22. The first-order valence-electron chi connectivity index (χ1n) is 8.31. The van der Waals surface area contributed by atoms with Gasteiger partial charge in [-0.25, -0.2) is 4.79 Å². The van der Waals surface area contributed by atoms with Crippen LogP contribution in [0.25, 0.3) is 0 Å². The predicted octanol–water partition coefficient (Wildman–Crippen LogP) is 2.75. The summed E-state index contributed by atoms with van der Waals surface area (Å²) in [6.07, 6.45) is 0. The molecule has 0 saturated carbocycles. The minimum Gasteiger partial charge on any atom is -0.497 e. The van der Waals surface area contributed by atoms with Gasteiger partial charge in [0.15, 0.2) is 6.61 Å². The van der Waals surface area contributed by atoms with Crippen molar-refractivity contribution in [2.75, 3.05) is 27.9 Å². The molecule has 0 aliphatic rings. The number of para-hydroxylation sites is 1. The van der Waals surface area contributed by atoms with E-state index in [9.17, 15) is 9.59 Å². The van der Waals surface area contributed by atoms with E-state index in [0.29, 0.717) is 11.5 Å². The first kappa shape index (κ1) is 20.1. The topological polar surface area (TPSA) is 83.1 Å². The van der Waals surface area contributed by atoms with E-state index in [1.54, 1.807) is 56.7 Å². The molecule has 0 radical (unpaired) electrons. The number of carbonyl (C=O) groups excluding carboxylic acids is 2. The number of nitrogens with one attached hydrogen (secondary N) is 1. The lowest BCUT2D eigenvalue weighted by molar-refractivity contribution is -0.123. The van der Waals surface area contributed by atoms with Crippen LogP contribution in [0, 0.1) is 0 Å². The van der Waals surface area contributed by atoms with Gasteiger partial charge in [-0.2, -0.15) is 0 Å². The number of methoxy groups -OCH3 is 3. The highest BCUT2D eigenvalue weighted by molar-refractivity contribution is 5.92. The molecule has 0 aliphatic carbocycles. The molecule has 1 N–H and O–H groups in total. The largest absolute Gasteiger partial charge is 0.497 e. The zero-order valence-corrected chi connectivity index (χ0v) is 15.8. The molecule has 2 aromatic rings. The molecular weight excluding hydrogens is 350 g/mol. The van der Waals surface area contributed by atoms with Crippen molar-refractivity contribution >= 4 is 11.9 Å². The second-order valence-electron chi connectivity index (χ2n) is 5.67. The molecule has 144 valence electrons. The summed E-state index contributed by atoms with van der Waals surface area (Å²) in [4.78, 5) is 24.0. The maximum atomic E-state index is 12.3. The molecule has 0 heterocycles. The minimum atomic E-state index is -0.527. The van der Waals surface area contributed by atoms with Crippen molar-refractivity contribution in [3.8, 4) is 17.2 Å². The Balaban J connectivity index is 2.03. The van der Waals surface area contributed by atoms with Crippen LogP contribution in [0.2, 0.25) is 0 Å². The highest BCUT2D eigenvalue weighted by atomic mass is 16.5. The third kappa shape index (κ3) is 5.13. The zero-order chi connectivity index (χ0) is 19.8. The van der Waals surface area contributed by atoms with E-state index in [1.165, 1.54) is 7.11 Å². The summed E-state index contributed by atoms with van der Waals surface area (Å²) in [6, 6.07) is 11.6. The Morgan fingerprint density at radius 2 is 1.74 bits per heavy atom. The molecule has 7 heteroatoms. The van der Waals surface area contributed by atoms with Crippen LogP contribution in [0.5, 0.6) is 17.2 Å². The predicted molar refractivity (Wildman–Crippen MR) is 99.4 cm³/mol. The van der Waals surface area contributed by atoms with Crippen LogP contribution in [-0.2, 0) is 9.53 Å². The smallest absolute Gasteiger partial charge is 0.341 e. The van der Waals surface area contributed by atoms with Gasteiger partial charge in [0.2, 0.25) is 0 Å². The summed E-state index contributed by atoms with van der Waals surface area (Å²) >= 11 is 0. The van der Waals surface area contributed by atoms with Gasteiger partial charge >= 0.3 is 5.97 Å². The second-order valence-corrected chi connectivity index (χ2v) is 5.67. The fraction of sp³-hybridized carbons (Fsp3) is 0.300. The Bertz CT molecular complexity index is 805. The van der Waals surface area contributed by atoms with Gasteiger partial charge in [-0.1, -0.05) is 12.1 Å². The number of benzene rings is 2. The van der Waals surface area contributed by atoms with Gasteiger partial charge in [0.05, 0.1) is 27.4 Å². The van der Waals surface area contributed by atoms with Gasteiger partial charge in [-0.3, -0.25) is 4.79 Å². The Morgan fingerprint density at radius 1 is 1.00 bits per heavy atom. The quantitative estimate of drug-likeness (QED) is 0.717. The fourth-order valence-electron chi connectivity index (χ4n) is 2.55. The number of hydrogen-bond donors (Lipinski definition) is 1. The molecule has 0 aromatic heterocycles. The fourth-order valence-corrected chi connectivity index (χ4v) is 2.55. The molecule has 0 saturated heterocycles. The number of esters is 1. The van der Waals surface area contributed by atoms with Crippen LogP contribution < -0.4 is 19.5 Å².